The minimum atomic E-state index is -0.860. The average Bonchev–Trinajstić information content (AvgIpc) is 3.47. The second kappa shape index (κ2) is 12.3. The van der Waals surface area contributed by atoms with E-state index in [9.17, 15) is 0 Å². The summed E-state index contributed by atoms with van der Waals surface area (Å²) >= 11 is 1.91. The quantitative estimate of drug-likeness (QED) is 0.184. The fourth-order valence-electron chi connectivity index (χ4n) is 7.48. The third-order valence-electron chi connectivity index (χ3n) is 10.0. The molecule has 0 saturated carbocycles. The SMILES string of the molecule is Cc1ccc(C2=NOC3(c4ccccc4)CC(c4cc5ccccc5nc4N4CCN(c5ccccc5)CC4)Sc4ccccc4N23)cc1. The van der Waals surface area contributed by atoms with Gasteiger partial charge in [0.05, 0.1) is 11.2 Å². The maximum Gasteiger partial charge on any atom is 0.242 e. The van der Waals surface area contributed by atoms with E-state index in [4.69, 9.17) is 15.0 Å². The monoisotopic (exact) mass is 659 g/mol. The highest BCUT2D eigenvalue weighted by Crippen LogP contribution is 2.57. The molecule has 5 aromatic carbocycles. The number of pyridine rings is 1. The number of aromatic nitrogens is 1. The molecule has 9 rings (SSSR count). The van der Waals surface area contributed by atoms with Crippen molar-refractivity contribution in [3.8, 4) is 0 Å². The van der Waals surface area contributed by atoms with E-state index in [0.717, 1.165) is 65.5 Å². The molecule has 1 saturated heterocycles. The number of thioether (sulfide) groups is 1. The summed E-state index contributed by atoms with van der Waals surface area (Å²) in [6.45, 7) is 5.79. The van der Waals surface area contributed by atoms with Gasteiger partial charge in [0.25, 0.3) is 0 Å². The molecular weight excluding hydrogens is 623 g/mol. The summed E-state index contributed by atoms with van der Waals surface area (Å²) in [5, 5.41) is 6.07. The van der Waals surface area contributed by atoms with Crippen LogP contribution in [-0.4, -0.2) is 37.0 Å². The van der Waals surface area contributed by atoms with E-state index in [-0.39, 0.29) is 5.25 Å². The Balaban J connectivity index is 1.18. The Morgan fingerprint density at radius 3 is 2.18 bits per heavy atom. The van der Waals surface area contributed by atoms with E-state index >= 15 is 0 Å². The van der Waals surface area contributed by atoms with Crippen LogP contribution in [0.15, 0.2) is 150 Å². The Bertz CT molecular complexity index is 2150. The molecule has 6 nitrogen and oxygen atoms in total. The van der Waals surface area contributed by atoms with Gasteiger partial charge in [-0.1, -0.05) is 114 Å². The van der Waals surface area contributed by atoms with Gasteiger partial charge in [0.1, 0.15) is 5.82 Å². The van der Waals surface area contributed by atoms with Crippen molar-refractivity contribution in [2.24, 2.45) is 5.16 Å². The Kier molecular flexibility index (Phi) is 7.50. The normalized spacial score (nSPS) is 20.3. The second-order valence-corrected chi connectivity index (χ2v) is 14.3. The zero-order chi connectivity index (χ0) is 32.8. The van der Waals surface area contributed by atoms with Gasteiger partial charge in [0.15, 0.2) is 5.84 Å². The number of nitrogens with zero attached hydrogens (tertiary/aromatic N) is 5. The lowest BCUT2D eigenvalue weighted by atomic mass is 9.91. The highest BCUT2D eigenvalue weighted by Gasteiger charge is 2.53. The molecule has 0 aliphatic carbocycles. The lowest BCUT2D eigenvalue weighted by Gasteiger charge is -2.39. The molecular formula is C42H37N5OS. The summed E-state index contributed by atoms with van der Waals surface area (Å²) in [5.41, 5.74) is 7.09. The molecule has 3 aliphatic rings. The molecule has 0 spiro atoms. The van der Waals surface area contributed by atoms with Crippen LogP contribution in [0, 0.1) is 6.92 Å². The van der Waals surface area contributed by atoms with Crippen LogP contribution in [0.2, 0.25) is 0 Å². The number of anilines is 3. The number of hydrogen-bond donors (Lipinski definition) is 0. The van der Waals surface area contributed by atoms with Gasteiger partial charge >= 0.3 is 0 Å². The van der Waals surface area contributed by atoms with Crippen LogP contribution in [0.25, 0.3) is 10.9 Å². The molecule has 7 heteroatoms. The molecule has 49 heavy (non-hydrogen) atoms. The zero-order valence-corrected chi connectivity index (χ0v) is 28.3. The highest BCUT2D eigenvalue weighted by atomic mass is 32.2. The maximum atomic E-state index is 6.81. The van der Waals surface area contributed by atoms with Crippen molar-refractivity contribution in [3.63, 3.8) is 0 Å². The number of fused-ring (bicyclic) bond motifs is 4. The van der Waals surface area contributed by atoms with Gasteiger partial charge in [0.2, 0.25) is 5.72 Å². The highest BCUT2D eigenvalue weighted by molar-refractivity contribution is 7.99. The third kappa shape index (κ3) is 5.29. The van der Waals surface area contributed by atoms with Gasteiger partial charge in [-0.05, 0) is 43.3 Å². The number of para-hydroxylation sites is 3. The molecule has 242 valence electrons. The maximum absolute atomic E-state index is 6.81. The number of benzene rings is 5. The summed E-state index contributed by atoms with van der Waals surface area (Å²) in [4.78, 5) is 20.8. The fraction of sp³-hybridized carbons (Fsp3) is 0.190. The second-order valence-electron chi connectivity index (χ2n) is 13.0. The largest absolute Gasteiger partial charge is 0.368 e. The van der Waals surface area contributed by atoms with Crippen LogP contribution < -0.4 is 14.7 Å². The number of piperazine rings is 1. The number of amidine groups is 1. The van der Waals surface area contributed by atoms with Gasteiger partial charge in [-0.15, -0.1) is 11.8 Å². The zero-order valence-electron chi connectivity index (χ0n) is 27.4. The van der Waals surface area contributed by atoms with Crippen LogP contribution in [0.5, 0.6) is 0 Å². The van der Waals surface area contributed by atoms with Crippen LogP contribution in [0.1, 0.15) is 33.9 Å². The van der Waals surface area contributed by atoms with Crippen molar-refractivity contribution in [1.29, 1.82) is 0 Å². The van der Waals surface area contributed by atoms with Gasteiger partial charge < -0.3 is 14.6 Å². The third-order valence-corrected chi connectivity index (χ3v) is 11.3. The van der Waals surface area contributed by atoms with Crippen LogP contribution in [0.3, 0.4) is 0 Å². The topological polar surface area (TPSA) is 44.2 Å². The van der Waals surface area contributed by atoms with E-state index in [0.29, 0.717) is 6.42 Å². The minimum Gasteiger partial charge on any atom is -0.368 e. The van der Waals surface area contributed by atoms with E-state index in [2.05, 4.69) is 161 Å². The molecule has 0 amide bonds. The first-order valence-corrected chi connectivity index (χ1v) is 17.9. The van der Waals surface area contributed by atoms with Crippen molar-refractivity contribution in [2.75, 3.05) is 40.9 Å². The van der Waals surface area contributed by atoms with E-state index < -0.39 is 5.72 Å². The minimum absolute atomic E-state index is 0.0261. The van der Waals surface area contributed by atoms with Gasteiger partial charge in [-0.2, -0.15) is 0 Å². The van der Waals surface area contributed by atoms with E-state index in [1.54, 1.807) is 0 Å². The van der Waals surface area contributed by atoms with Crippen molar-refractivity contribution in [2.45, 2.75) is 29.2 Å². The number of oxime groups is 1. The molecule has 6 aromatic rings. The Labute approximate surface area is 291 Å². The van der Waals surface area contributed by atoms with Crippen molar-refractivity contribution in [1.82, 2.24) is 4.98 Å². The van der Waals surface area contributed by atoms with E-state index in [1.807, 2.05) is 11.8 Å². The molecule has 0 bridgehead atoms. The number of aryl methyl sites for hydroxylation is 1. The molecule has 0 radical (unpaired) electrons. The van der Waals surface area contributed by atoms with Crippen LogP contribution >= 0.6 is 11.8 Å². The summed E-state index contributed by atoms with van der Waals surface area (Å²) in [6, 6.07) is 49.6. The van der Waals surface area contributed by atoms with E-state index in [1.165, 1.54) is 21.7 Å². The number of hydrogen-bond acceptors (Lipinski definition) is 7. The first-order chi connectivity index (χ1) is 24.2. The Morgan fingerprint density at radius 1 is 0.714 bits per heavy atom. The summed E-state index contributed by atoms with van der Waals surface area (Å²) in [5.74, 6) is 1.89. The Morgan fingerprint density at radius 2 is 1.39 bits per heavy atom. The molecule has 3 aliphatic heterocycles. The van der Waals surface area contributed by atoms with Crippen molar-refractivity contribution < 1.29 is 4.84 Å². The molecule has 1 aromatic heterocycles. The van der Waals surface area contributed by atoms with Crippen LogP contribution in [0.4, 0.5) is 17.2 Å². The smallest absolute Gasteiger partial charge is 0.242 e. The predicted octanol–water partition coefficient (Wildman–Crippen LogP) is 9.16. The van der Waals surface area contributed by atoms with Crippen LogP contribution in [-0.2, 0) is 10.6 Å². The van der Waals surface area contributed by atoms with Crippen molar-refractivity contribution in [3.05, 3.63) is 162 Å². The Hall–Kier alpha value is -5.27. The molecule has 0 N–H and O–H groups in total. The molecule has 1 fully saturated rings. The number of rotatable bonds is 5. The lowest BCUT2D eigenvalue weighted by Crippen LogP contribution is -2.48. The van der Waals surface area contributed by atoms with Gasteiger partial charge in [-0.3, -0.25) is 4.90 Å². The molecule has 2 unspecified atom stereocenters. The molecule has 4 heterocycles. The average molecular weight is 660 g/mol. The van der Waals surface area contributed by atoms with Gasteiger partial charge in [-0.25, -0.2) is 4.98 Å². The summed E-state index contributed by atoms with van der Waals surface area (Å²) in [7, 11) is 0. The predicted molar refractivity (Wildman–Crippen MR) is 202 cm³/mol. The fourth-order valence-corrected chi connectivity index (χ4v) is 8.83. The summed E-state index contributed by atoms with van der Waals surface area (Å²) in [6.07, 6.45) is 0.673. The lowest BCUT2D eigenvalue weighted by molar-refractivity contribution is -0.0283. The van der Waals surface area contributed by atoms with Gasteiger partial charge in [0, 0.05) is 70.5 Å². The standard InChI is InChI=1S/C42H37N5OS/c1-30-20-22-31(23-21-30)40-44-48-42(33-13-4-2-5-14-33)29-39(49-38-19-11-10-18-37(38)47(40)42)35-28-32-12-8-9-17-36(32)43-41(35)46-26-24-45(25-27-46)34-15-6-3-7-16-34/h2-23,28,39H,24-27,29H2,1H3. The summed E-state index contributed by atoms with van der Waals surface area (Å²) < 4.78 is 0. The molecule has 2 atom stereocenters. The first-order valence-electron chi connectivity index (χ1n) is 17.1. The van der Waals surface area contributed by atoms with Crippen molar-refractivity contribution >= 4 is 45.7 Å². The first kappa shape index (κ1) is 29.8.